The van der Waals surface area contributed by atoms with Crippen molar-refractivity contribution in [3.8, 4) is 0 Å². The maximum absolute atomic E-state index is 11.9. The summed E-state index contributed by atoms with van der Waals surface area (Å²) < 4.78 is 0. The van der Waals surface area contributed by atoms with Crippen molar-refractivity contribution in [2.24, 2.45) is 5.73 Å². The first-order chi connectivity index (χ1) is 9.31. The van der Waals surface area contributed by atoms with Crippen LogP contribution in [0.3, 0.4) is 0 Å². The second-order valence-corrected chi connectivity index (χ2v) is 4.81. The molecule has 0 unspecified atom stereocenters. The van der Waals surface area contributed by atoms with E-state index in [-0.39, 0.29) is 0 Å². The number of carboxylic acids is 1. The molecule has 0 radical (unpaired) electrons. The predicted octanol–water partition coefficient (Wildman–Crippen LogP) is 0.868. The predicted molar refractivity (Wildman–Crippen MR) is 73.2 cm³/mol. The molecule has 1 atom stereocenters. The van der Waals surface area contributed by atoms with Gasteiger partial charge in [-0.2, -0.15) is 0 Å². The van der Waals surface area contributed by atoms with Gasteiger partial charge in [0.2, 0.25) is 5.91 Å². The number of aliphatic carboxylic acids is 1. The van der Waals surface area contributed by atoms with E-state index in [1.165, 1.54) is 0 Å². The van der Waals surface area contributed by atoms with E-state index >= 15 is 0 Å². The normalized spacial score (nSPS) is 11.9. The van der Waals surface area contributed by atoms with E-state index in [4.69, 9.17) is 10.8 Å². The van der Waals surface area contributed by atoms with Crippen LogP contribution in [0.15, 0.2) is 24.3 Å². The van der Waals surface area contributed by atoms with Gasteiger partial charge in [-0.25, -0.2) is 4.79 Å². The van der Waals surface area contributed by atoms with Gasteiger partial charge in [0.05, 0.1) is 6.42 Å². The van der Waals surface area contributed by atoms with Gasteiger partial charge in [-0.05, 0) is 23.6 Å². The molecule has 0 fully saturated rings. The largest absolute Gasteiger partial charge is 0.480 e. The molecule has 6 heteroatoms. The fraction of sp³-hybridized carbons (Fsp3) is 0.357. The molecular weight excluding hydrogens is 260 g/mol. The standard InChI is InChI=1S/C14H18N2O4/c1-8(2)9-3-5-10(6-4-9)13(18)16-11(14(19)20)7-12(15)17/h3-6,8,11H,7H2,1-2H3,(H2,15,17)(H,16,18)(H,19,20)/t11-/m0/s1. The minimum absolute atomic E-state index is 0.338. The first-order valence-electron chi connectivity index (χ1n) is 6.23. The van der Waals surface area contributed by atoms with Crippen LogP contribution in [0.4, 0.5) is 0 Å². The van der Waals surface area contributed by atoms with Gasteiger partial charge in [-0.3, -0.25) is 9.59 Å². The van der Waals surface area contributed by atoms with Crippen LogP contribution in [0, 0.1) is 0 Å². The monoisotopic (exact) mass is 278 g/mol. The van der Waals surface area contributed by atoms with Crippen molar-refractivity contribution in [2.75, 3.05) is 0 Å². The number of carbonyl (C=O) groups is 3. The molecule has 0 spiro atoms. The number of rotatable bonds is 6. The first-order valence-corrected chi connectivity index (χ1v) is 6.23. The molecule has 20 heavy (non-hydrogen) atoms. The fourth-order valence-corrected chi connectivity index (χ4v) is 1.66. The molecule has 0 aromatic heterocycles. The summed E-state index contributed by atoms with van der Waals surface area (Å²) in [6.45, 7) is 4.06. The van der Waals surface area contributed by atoms with Crippen LogP contribution in [-0.4, -0.2) is 28.9 Å². The highest BCUT2D eigenvalue weighted by Gasteiger charge is 2.22. The van der Waals surface area contributed by atoms with E-state index in [1.807, 2.05) is 26.0 Å². The number of nitrogens with one attached hydrogen (secondary N) is 1. The quantitative estimate of drug-likeness (QED) is 0.717. The lowest BCUT2D eigenvalue weighted by molar-refractivity contribution is -0.140. The van der Waals surface area contributed by atoms with Gasteiger partial charge in [-0.15, -0.1) is 0 Å². The zero-order valence-electron chi connectivity index (χ0n) is 11.4. The molecule has 1 aromatic carbocycles. The average Bonchev–Trinajstić information content (AvgIpc) is 2.37. The Labute approximate surface area is 117 Å². The molecule has 0 saturated carbocycles. The number of hydrogen-bond donors (Lipinski definition) is 3. The zero-order chi connectivity index (χ0) is 15.3. The van der Waals surface area contributed by atoms with Crippen LogP contribution >= 0.6 is 0 Å². The highest BCUT2D eigenvalue weighted by molar-refractivity contribution is 5.97. The van der Waals surface area contributed by atoms with Crippen LogP contribution in [0.25, 0.3) is 0 Å². The van der Waals surface area contributed by atoms with Crippen LogP contribution in [0.1, 0.15) is 42.1 Å². The summed E-state index contributed by atoms with van der Waals surface area (Å²) in [5.41, 5.74) is 6.36. The Kier molecular flexibility index (Phi) is 5.25. The minimum Gasteiger partial charge on any atom is -0.480 e. The highest BCUT2D eigenvalue weighted by atomic mass is 16.4. The van der Waals surface area contributed by atoms with Gasteiger partial charge >= 0.3 is 5.97 Å². The van der Waals surface area contributed by atoms with Crippen molar-refractivity contribution in [1.29, 1.82) is 0 Å². The van der Waals surface area contributed by atoms with Crippen LogP contribution < -0.4 is 11.1 Å². The molecule has 6 nitrogen and oxygen atoms in total. The van der Waals surface area contributed by atoms with E-state index in [0.29, 0.717) is 11.5 Å². The molecule has 1 aromatic rings. The van der Waals surface area contributed by atoms with Gasteiger partial charge < -0.3 is 16.2 Å². The molecule has 2 amide bonds. The molecule has 108 valence electrons. The van der Waals surface area contributed by atoms with Gasteiger partial charge in [-0.1, -0.05) is 26.0 Å². The maximum Gasteiger partial charge on any atom is 0.326 e. The number of carboxylic acid groups (broad SMARTS) is 1. The number of primary amides is 1. The van der Waals surface area contributed by atoms with Gasteiger partial charge in [0.25, 0.3) is 5.91 Å². The van der Waals surface area contributed by atoms with E-state index in [1.54, 1.807) is 12.1 Å². The second-order valence-electron chi connectivity index (χ2n) is 4.81. The van der Waals surface area contributed by atoms with E-state index < -0.39 is 30.2 Å². The van der Waals surface area contributed by atoms with E-state index in [0.717, 1.165) is 5.56 Å². The van der Waals surface area contributed by atoms with E-state index in [9.17, 15) is 14.4 Å². The summed E-state index contributed by atoms with van der Waals surface area (Å²) in [5.74, 6) is -2.29. The average molecular weight is 278 g/mol. The van der Waals surface area contributed by atoms with Crippen molar-refractivity contribution in [2.45, 2.75) is 32.2 Å². The molecule has 0 aliphatic heterocycles. The number of amides is 2. The van der Waals surface area contributed by atoms with Gasteiger partial charge in [0.15, 0.2) is 0 Å². The van der Waals surface area contributed by atoms with Crippen LogP contribution in [0.2, 0.25) is 0 Å². The van der Waals surface area contributed by atoms with Crippen molar-refractivity contribution in [3.63, 3.8) is 0 Å². The SMILES string of the molecule is CC(C)c1ccc(C(=O)N[C@@H](CC(N)=O)C(=O)O)cc1. The summed E-state index contributed by atoms with van der Waals surface area (Å²) in [7, 11) is 0. The second kappa shape index (κ2) is 6.70. The topological polar surface area (TPSA) is 109 Å². The van der Waals surface area contributed by atoms with Crippen molar-refractivity contribution in [3.05, 3.63) is 35.4 Å². The molecule has 0 aliphatic rings. The maximum atomic E-state index is 11.9. The Balaban J connectivity index is 2.78. The zero-order valence-corrected chi connectivity index (χ0v) is 11.4. The number of carbonyl (C=O) groups excluding carboxylic acids is 2. The molecule has 1 rings (SSSR count). The van der Waals surface area contributed by atoms with E-state index in [2.05, 4.69) is 5.32 Å². The third-order valence-corrected chi connectivity index (χ3v) is 2.85. The Morgan fingerprint density at radius 3 is 2.15 bits per heavy atom. The molecule has 4 N–H and O–H groups in total. The van der Waals surface area contributed by atoms with Crippen molar-refractivity contribution >= 4 is 17.8 Å². The summed E-state index contributed by atoms with van der Waals surface area (Å²) in [4.78, 5) is 33.6. The fourth-order valence-electron chi connectivity index (χ4n) is 1.66. The molecular formula is C14H18N2O4. The summed E-state index contributed by atoms with van der Waals surface area (Å²) in [5, 5.41) is 11.2. The highest BCUT2D eigenvalue weighted by Crippen LogP contribution is 2.14. The Morgan fingerprint density at radius 1 is 1.20 bits per heavy atom. The summed E-state index contributed by atoms with van der Waals surface area (Å²) in [6, 6.07) is 5.54. The molecule has 0 bridgehead atoms. The van der Waals surface area contributed by atoms with Crippen LogP contribution in [0.5, 0.6) is 0 Å². The summed E-state index contributed by atoms with van der Waals surface area (Å²) in [6.07, 6.45) is -0.439. The van der Waals surface area contributed by atoms with Gasteiger partial charge in [0, 0.05) is 5.56 Å². The molecule has 0 aliphatic carbocycles. The smallest absolute Gasteiger partial charge is 0.326 e. The molecule has 0 heterocycles. The first kappa shape index (κ1) is 15.7. The lowest BCUT2D eigenvalue weighted by atomic mass is 10.0. The Morgan fingerprint density at radius 2 is 1.75 bits per heavy atom. The number of benzene rings is 1. The minimum atomic E-state index is -1.32. The van der Waals surface area contributed by atoms with Gasteiger partial charge in [0.1, 0.15) is 6.04 Å². The Bertz CT molecular complexity index is 508. The Hall–Kier alpha value is -2.37. The summed E-state index contributed by atoms with van der Waals surface area (Å²) >= 11 is 0. The lowest BCUT2D eigenvalue weighted by Gasteiger charge is -2.13. The number of hydrogen-bond acceptors (Lipinski definition) is 3. The molecule has 0 saturated heterocycles. The lowest BCUT2D eigenvalue weighted by Crippen LogP contribution is -2.43. The third kappa shape index (κ3) is 4.38. The third-order valence-electron chi connectivity index (χ3n) is 2.85. The van der Waals surface area contributed by atoms with Crippen molar-refractivity contribution < 1.29 is 19.5 Å². The number of nitrogens with two attached hydrogens (primary N) is 1. The van der Waals surface area contributed by atoms with Crippen molar-refractivity contribution in [1.82, 2.24) is 5.32 Å². The van der Waals surface area contributed by atoms with Crippen LogP contribution in [-0.2, 0) is 9.59 Å².